The molecule has 1 aliphatic rings. The Morgan fingerprint density at radius 3 is 2.64 bits per heavy atom. The molecular formula is C11H22N2O. The molecule has 0 saturated heterocycles. The molecule has 1 fully saturated rings. The predicted octanol–water partition coefficient (Wildman–Crippen LogP) is 1.29. The molecule has 0 radical (unpaired) electrons. The molecule has 82 valence electrons. The third kappa shape index (κ3) is 3.29. The summed E-state index contributed by atoms with van der Waals surface area (Å²) < 4.78 is 0. The Balaban J connectivity index is 2.14. The molecular weight excluding hydrogens is 176 g/mol. The summed E-state index contributed by atoms with van der Waals surface area (Å²) in [5.41, 5.74) is 0. The van der Waals surface area contributed by atoms with Crippen LogP contribution < -0.4 is 10.6 Å². The number of amides is 1. The Hall–Kier alpha value is -0.570. The molecule has 0 heterocycles. The molecule has 0 aliphatic heterocycles. The third-order valence-electron chi connectivity index (χ3n) is 2.80. The smallest absolute Gasteiger partial charge is 0.236 e. The predicted molar refractivity (Wildman–Crippen MR) is 58.1 cm³/mol. The van der Waals surface area contributed by atoms with Crippen LogP contribution in [0.2, 0.25) is 0 Å². The molecule has 2 N–H and O–H groups in total. The van der Waals surface area contributed by atoms with Gasteiger partial charge in [0.15, 0.2) is 0 Å². The average Bonchev–Trinajstić information content (AvgIpc) is 2.11. The molecule has 3 nitrogen and oxygen atoms in total. The van der Waals surface area contributed by atoms with Crippen LogP contribution in [0.25, 0.3) is 0 Å². The molecule has 1 atom stereocenters. The van der Waals surface area contributed by atoms with Crippen molar-refractivity contribution in [1.82, 2.24) is 10.6 Å². The first-order valence-electron chi connectivity index (χ1n) is 5.67. The fourth-order valence-electron chi connectivity index (χ4n) is 1.87. The summed E-state index contributed by atoms with van der Waals surface area (Å²) in [5, 5.41) is 6.24. The number of carbonyl (C=O) groups is 1. The van der Waals surface area contributed by atoms with Gasteiger partial charge in [-0.05, 0) is 32.1 Å². The van der Waals surface area contributed by atoms with Crippen molar-refractivity contribution in [2.24, 2.45) is 5.92 Å². The van der Waals surface area contributed by atoms with Crippen molar-refractivity contribution in [3.8, 4) is 0 Å². The zero-order chi connectivity index (χ0) is 10.6. The van der Waals surface area contributed by atoms with Gasteiger partial charge < -0.3 is 10.6 Å². The van der Waals surface area contributed by atoms with Crippen molar-refractivity contribution < 1.29 is 4.79 Å². The Kier molecular flexibility index (Phi) is 4.39. The van der Waals surface area contributed by atoms with E-state index in [9.17, 15) is 4.79 Å². The summed E-state index contributed by atoms with van der Waals surface area (Å²) in [5.74, 6) is 0.963. The second kappa shape index (κ2) is 5.35. The highest BCUT2D eigenvalue weighted by atomic mass is 16.2. The topological polar surface area (TPSA) is 41.1 Å². The van der Waals surface area contributed by atoms with E-state index >= 15 is 0 Å². The van der Waals surface area contributed by atoms with E-state index in [0.717, 1.165) is 18.9 Å². The van der Waals surface area contributed by atoms with Crippen molar-refractivity contribution in [3.63, 3.8) is 0 Å². The SMILES string of the molecule is CCCNC(=O)C(C)NC1CC(C)C1. The highest BCUT2D eigenvalue weighted by molar-refractivity contribution is 5.81. The quantitative estimate of drug-likeness (QED) is 0.699. The van der Waals surface area contributed by atoms with Crippen LogP contribution >= 0.6 is 0 Å². The molecule has 0 aromatic rings. The lowest BCUT2D eigenvalue weighted by molar-refractivity contribution is -0.123. The maximum atomic E-state index is 11.5. The molecule has 3 heteroatoms. The van der Waals surface area contributed by atoms with E-state index in [1.54, 1.807) is 0 Å². The molecule has 0 aromatic heterocycles. The van der Waals surface area contributed by atoms with Crippen LogP contribution in [-0.4, -0.2) is 24.5 Å². The van der Waals surface area contributed by atoms with Gasteiger partial charge in [-0.3, -0.25) is 4.79 Å². The van der Waals surface area contributed by atoms with E-state index < -0.39 is 0 Å². The maximum absolute atomic E-state index is 11.5. The van der Waals surface area contributed by atoms with Crippen molar-refractivity contribution >= 4 is 5.91 Å². The zero-order valence-corrected chi connectivity index (χ0v) is 9.47. The highest BCUT2D eigenvalue weighted by Crippen LogP contribution is 2.26. The van der Waals surface area contributed by atoms with Crippen molar-refractivity contribution in [2.45, 2.75) is 52.1 Å². The fourth-order valence-corrected chi connectivity index (χ4v) is 1.87. The van der Waals surface area contributed by atoms with Crippen LogP contribution in [0.1, 0.15) is 40.0 Å². The lowest BCUT2D eigenvalue weighted by Crippen LogP contribution is -2.50. The largest absolute Gasteiger partial charge is 0.355 e. The van der Waals surface area contributed by atoms with E-state index in [1.807, 2.05) is 6.92 Å². The van der Waals surface area contributed by atoms with Gasteiger partial charge >= 0.3 is 0 Å². The minimum absolute atomic E-state index is 0.0425. The number of hydrogen-bond acceptors (Lipinski definition) is 2. The Morgan fingerprint density at radius 1 is 1.50 bits per heavy atom. The van der Waals surface area contributed by atoms with Gasteiger partial charge in [0.1, 0.15) is 0 Å². The normalized spacial score (nSPS) is 27.9. The molecule has 1 aliphatic carbocycles. The maximum Gasteiger partial charge on any atom is 0.236 e. The second-order valence-corrected chi connectivity index (χ2v) is 4.45. The van der Waals surface area contributed by atoms with Crippen LogP contribution in [0.15, 0.2) is 0 Å². The second-order valence-electron chi connectivity index (χ2n) is 4.45. The van der Waals surface area contributed by atoms with Gasteiger partial charge in [0.05, 0.1) is 6.04 Å². The van der Waals surface area contributed by atoms with Crippen molar-refractivity contribution in [3.05, 3.63) is 0 Å². The lowest BCUT2D eigenvalue weighted by Gasteiger charge is -2.35. The summed E-state index contributed by atoms with van der Waals surface area (Å²) >= 11 is 0. The number of rotatable bonds is 5. The monoisotopic (exact) mass is 198 g/mol. The van der Waals surface area contributed by atoms with Crippen molar-refractivity contribution in [2.75, 3.05) is 6.54 Å². The summed E-state index contributed by atoms with van der Waals surface area (Å²) in [6, 6.07) is 0.520. The molecule has 14 heavy (non-hydrogen) atoms. The fraction of sp³-hybridized carbons (Fsp3) is 0.909. The van der Waals surface area contributed by atoms with E-state index in [-0.39, 0.29) is 11.9 Å². The van der Waals surface area contributed by atoms with E-state index in [1.165, 1.54) is 12.8 Å². The van der Waals surface area contributed by atoms with E-state index in [2.05, 4.69) is 24.5 Å². The van der Waals surface area contributed by atoms with Gasteiger partial charge in [0.25, 0.3) is 0 Å². The highest BCUT2D eigenvalue weighted by Gasteiger charge is 2.27. The van der Waals surface area contributed by atoms with Gasteiger partial charge in [-0.15, -0.1) is 0 Å². The van der Waals surface area contributed by atoms with Crippen LogP contribution in [0, 0.1) is 5.92 Å². The number of carbonyl (C=O) groups excluding carboxylic acids is 1. The van der Waals surface area contributed by atoms with Crippen LogP contribution in [0.3, 0.4) is 0 Å². The first kappa shape index (κ1) is 11.5. The van der Waals surface area contributed by atoms with Gasteiger partial charge in [0.2, 0.25) is 5.91 Å². The first-order chi connectivity index (χ1) is 6.63. The number of hydrogen-bond donors (Lipinski definition) is 2. The average molecular weight is 198 g/mol. The third-order valence-corrected chi connectivity index (χ3v) is 2.80. The summed E-state index contributed by atoms with van der Waals surface area (Å²) in [4.78, 5) is 11.5. The van der Waals surface area contributed by atoms with Crippen LogP contribution in [-0.2, 0) is 4.79 Å². The van der Waals surface area contributed by atoms with Crippen LogP contribution in [0.4, 0.5) is 0 Å². The Morgan fingerprint density at radius 2 is 2.14 bits per heavy atom. The van der Waals surface area contributed by atoms with Gasteiger partial charge in [-0.1, -0.05) is 13.8 Å². The Bertz CT molecular complexity index is 188. The molecule has 0 aromatic carbocycles. The van der Waals surface area contributed by atoms with E-state index in [4.69, 9.17) is 0 Å². The summed E-state index contributed by atoms with van der Waals surface area (Å²) in [7, 11) is 0. The van der Waals surface area contributed by atoms with Gasteiger partial charge in [-0.2, -0.15) is 0 Å². The molecule has 1 unspecified atom stereocenters. The Labute approximate surface area is 86.6 Å². The molecule has 0 spiro atoms. The zero-order valence-electron chi connectivity index (χ0n) is 9.47. The van der Waals surface area contributed by atoms with Gasteiger partial charge in [-0.25, -0.2) is 0 Å². The first-order valence-corrected chi connectivity index (χ1v) is 5.67. The number of nitrogens with one attached hydrogen (secondary N) is 2. The lowest BCUT2D eigenvalue weighted by atomic mass is 9.81. The summed E-state index contributed by atoms with van der Waals surface area (Å²) in [6.07, 6.45) is 3.43. The minimum atomic E-state index is -0.0425. The standard InChI is InChI=1S/C11H22N2O/c1-4-5-12-11(14)9(3)13-10-6-8(2)7-10/h8-10,13H,4-7H2,1-3H3,(H,12,14). The minimum Gasteiger partial charge on any atom is -0.355 e. The van der Waals surface area contributed by atoms with E-state index in [0.29, 0.717) is 6.04 Å². The molecule has 1 amide bonds. The molecule has 0 bridgehead atoms. The van der Waals surface area contributed by atoms with Crippen LogP contribution in [0.5, 0.6) is 0 Å². The molecule has 1 saturated carbocycles. The van der Waals surface area contributed by atoms with Crippen molar-refractivity contribution in [1.29, 1.82) is 0 Å². The molecule has 1 rings (SSSR count). The van der Waals surface area contributed by atoms with Gasteiger partial charge in [0, 0.05) is 12.6 Å². The summed E-state index contributed by atoms with van der Waals surface area (Å²) in [6.45, 7) is 7.03.